The summed E-state index contributed by atoms with van der Waals surface area (Å²) in [6.45, 7) is 6.85. The smallest absolute Gasteiger partial charge is 0.258 e. The van der Waals surface area contributed by atoms with Crippen LogP contribution in [0, 0.1) is 0 Å². The normalized spacial score (nSPS) is 22.2. The Morgan fingerprint density at radius 1 is 1.18 bits per heavy atom. The van der Waals surface area contributed by atoms with Crippen molar-refractivity contribution >= 4 is 0 Å². The maximum absolute atomic E-state index is 5.96. The minimum Gasteiger partial charge on any atom is -0.381 e. The number of hydrogen-bond donors (Lipinski definition) is 0. The standard InChI is InChI=1S/C22H31N3O3/c1-17(18-6-4-3-5-7-18)16-25-12-10-22(26-2,11-13-25)21-23-20(24-28-21)19-8-14-27-15-9-19/h3-7,17,19H,8-16H2,1-2H3. The average Bonchev–Trinajstić information content (AvgIpc) is 3.27. The van der Waals surface area contributed by atoms with E-state index in [-0.39, 0.29) is 0 Å². The zero-order chi connectivity index (χ0) is 19.4. The lowest BCUT2D eigenvalue weighted by Crippen LogP contribution is -2.45. The van der Waals surface area contributed by atoms with Gasteiger partial charge in [-0.25, -0.2) is 0 Å². The van der Waals surface area contributed by atoms with Crippen molar-refractivity contribution in [3.63, 3.8) is 0 Å². The summed E-state index contributed by atoms with van der Waals surface area (Å²) in [5, 5.41) is 4.28. The predicted molar refractivity (Wildman–Crippen MR) is 106 cm³/mol. The highest BCUT2D eigenvalue weighted by atomic mass is 16.5. The fourth-order valence-electron chi connectivity index (χ4n) is 4.42. The largest absolute Gasteiger partial charge is 0.381 e. The van der Waals surface area contributed by atoms with Crippen LogP contribution in [0.3, 0.4) is 0 Å². The fourth-order valence-corrected chi connectivity index (χ4v) is 4.42. The van der Waals surface area contributed by atoms with Crippen molar-refractivity contribution in [1.29, 1.82) is 0 Å². The summed E-state index contributed by atoms with van der Waals surface area (Å²) in [5.74, 6) is 2.31. The first-order chi connectivity index (χ1) is 13.7. The van der Waals surface area contributed by atoms with Gasteiger partial charge in [0.25, 0.3) is 5.89 Å². The van der Waals surface area contributed by atoms with Crippen LogP contribution in [0.1, 0.15) is 61.7 Å². The number of aromatic nitrogens is 2. The second-order valence-electron chi connectivity index (χ2n) is 8.16. The zero-order valence-corrected chi connectivity index (χ0v) is 17.0. The Morgan fingerprint density at radius 3 is 2.57 bits per heavy atom. The summed E-state index contributed by atoms with van der Waals surface area (Å²) in [6.07, 6.45) is 3.68. The second-order valence-corrected chi connectivity index (χ2v) is 8.16. The first-order valence-electron chi connectivity index (χ1n) is 10.4. The van der Waals surface area contributed by atoms with Gasteiger partial charge in [0.15, 0.2) is 5.82 Å². The van der Waals surface area contributed by atoms with Gasteiger partial charge in [-0.15, -0.1) is 0 Å². The van der Waals surface area contributed by atoms with Gasteiger partial charge in [-0.05, 0) is 37.2 Å². The maximum atomic E-state index is 5.96. The Labute approximate surface area is 167 Å². The summed E-state index contributed by atoms with van der Waals surface area (Å²) < 4.78 is 17.1. The molecule has 2 aromatic rings. The molecule has 2 fully saturated rings. The third-order valence-electron chi connectivity index (χ3n) is 6.37. The van der Waals surface area contributed by atoms with Crippen molar-refractivity contribution in [2.75, 3.05) is 40.0 Å². The summed E-state index contributed by atoms with van der Waals surface area (Å²) >= 11 is 0. The molecule has 2 aliphatic rings. The van der Waals surface area contributed by atoms with Gasteiger partial charge in [-0.2, -0.15) is 4.98 Å². The van der Waals surface area contributed by atoms with Crippen molar-refractivity contribution in [2.45, 2.75) is 50.0 Å². The highest BCUT2D eigenvalue weighted by Gasteiger charge is 2.42. The van der Waals surface area contributed by atoms with Crippen molar-refractivity contribution in [3.8, 4) is 0 Å². The van der Waals surface area contributed by atoms with Crippen molar-refractivity contribution in [1.82, 2.24) is 15.0 Å². The molecule has 0 radical (unpaired) electrons. The van der Waals surface area contributed by atoms with Gasteiger partial charge in [0, 0.05) is 45.9 Å². The van der Waals surface area contributed by atoms with Crippen LogP contribution in [0.5, 0.6) is 0 Å². The Hall–Kier alpha value is -1.76. The molecular weight excluding hydrogens is 354 g/mol. The molecule has 1 aromatic carbocycles. The minimum atomic E-state index is -0.455. The predicted octanol–water partition coefficient (Wildman–Crippen LogP) is 3.70. The molecular formula is C22H31N3O3. The topological polar surface area (TPSA) is 60.6 Å². The first kappa shape index (κ1) is 19.6. The van der Waals surface area contributed by atoms with E-state index >= 15 is 0 Å². The van der Waals surface area contributed by atoms with Crippen LogP contribution in [0.25, 0.3) is 0 Å². The Morgan fingerprint density at radius 2 is 1.89 bits per heavy atom. The molecule has 0 aliphatic carbocycles. The fraction of sp³-hybridized carbons (Fsp3) is 0.636. The lowest BCUT2D eigenvalue weighted by atomic mass is 9.89. The van der Waals surface area contributed by atoms with Crippen LogP contribution in [0.15, 0.2) is 34.9 Å². The van der Waals surface area contributed by atoms with Gasteiger partial charge >= 0.3 is 0 Å². The molecule has 6 nitrogen and oxygen atoms in total. The summed E-state index contributed by atoms with van der Waals surface area (Å²) in [7, 11) is 1.76. The maximum Gasteiger partial charge on any atom is 0.258 e. The molecule has 0 spiro atoms. The van der Waals surface area contributed by atoms with Crippen LogP contribution in [0.2, 0.25) is 0 Å². The molecule has 0 N–H and O–H groups in total. The average molecular weight is 386 g/mol. The third-order valence-corrected chi connectivity index (χ3v) is 6.37. The van der Waals surface area contributed by atoms with Gasteiger partial charge in [0.05, 0.1) is 0 Å². The van der Waals surface area contributed by atoms with Gasteiger partial charge in [0.2, 0.25) is 0 Å². The van der Waals surface area contributed by atoms with E-state index in [1.807, 2.05) is 0 Å². The lowest BCUT2D eigenvalue weighted by Gasteiger charge is -2.39. The highest BCUT2D eigenvalue weighted by molar-refractivity contribution is 5.19. The van der Waals surface area contributed by atoms with E-state index in [0.29, 0.717) is 17.7 Å². The number of benzene rings is 1. The molecule has 2 saturated heterocycles. The van der Waals surface area contributed by atoms with Gasteiger partial charge in [0.1, 0.15) is 5.60 Å². The molecule has 1 atom stereocenters. The molecule has 3 heterocycles. The summed E-state index contributed by atoms with van der Waals surface area (Å²) in [5.41, 5.74) is 0.937. The molecule has 0 amide bonds. The van der Waals surface area contributed by atoms with Crippen LogP contribution in [0.4, 0.5) is 0 Å². The minimum absolute atomic E-state index is 0.340. The number of ether oxygens (including phenoxy) is 2. The van der Waals surface area contributed by atoms with Crippen LogP contribution in [-0.4, -0.2) is 55.0 Å². The Bertz CT molecular complexity index is 734. The molecule has 1 unspecified atom stereocenters. The SMILES string of the molecule is COC1(c2nc(C3CCOCC3)no2)CCN(CC(C)c2ccccc2)CC1. The van der Waals surface area contributed by atoms with Gasteiger partial charge < -0.3 is 18.9 Å². The highest BCUT2D eigenvalue weighted by Crippen LogP contribution is 2.37. The molecule has 0 bridgehead atoms. The van der Waals surface area contributed by atoms with E-state index in [1.54, 1.807) is 7.11 Å². The molecule has 0 saturated carbocycles. The van der Waals surface area contributed by atoms with Crippen molar-refractivity contribution in [3.05, 3.63) is 47.6 Å². The van der Waals surface area contributed by atoms with E-state index in [1.165, 1.54) is 5.56 Å². The van der Waals surface area contributed by atoms with Gasteiger partial charge in [-0.1, -0.05) is 42.4 Å². The number of hydrogen-bond acceptors (Lipinski definition) is 6. The van der Waals surface area contributed by atoms with Crippen molar-refractivity contribution in [2.24, 2.45) is 0 Å². The molecule has 4 rings (SSSR count). The van der Waals surface area contributed by atoms with Crippen LogP contribution < -0.4 is 0 Å². The molecule has 1 aromatic heterocycles. The third kappa shape index (κ3) is 4.14. The number of methoxy groups -OCH3 is 1. The molecule has 28 heavy (non-hydrogen) atoms. The first-order valence-corrected chi connectivity index (χ1v) is 10.4. The second kappa shape index (κ2) is 8.72. The molecule has 6 heteroatoms. The van der Waals surface area contributed by atoms with Crippen molar-refractivity contribution < 1.29 is 14.0 Å². The zero-order valence-electron chi connectivity index (χ0n) is 17.0. The van der Waals surface area contributed by atoms with Crippen LogP contribution >= 0.6 is 0 Å². The molecule has 152 valence electrons. The molecule has 2 aliphatic heterocycles. The quantitative estimate of drug-likeness (QED) is 0.756. The van der Waals surface area contributed by atoms with E-state index in [9.17, 15) is 0 Å². The monoisotopic (exact) mass is 385 g/mol. The van der Waals surface area contributed by atoms with Crippen LogP contribution in [-0.2, 0) is 15.1 Å². The Balaban J connectivity index is 1.38. The van der Waals surface area contributed by atoms with E-state index in [0.717, 1.165) is 64.4 Å². The summed E-state index contributed by atoms with van der Waals surface area (Å²) in [6, 6.07) is 10.7. The summed E-state index contributed by atoms with van der Waals surface area (Å²) in [4.78, 5) is 7.28. The Kier molecular flexibility index (Phi) is 6.09. The number of piperidine rings is 1. The van der Waals surface area contributed by atoms with E-state index < -0.39 is 5.60 Å². The lowest BCUT2D eigenvalue weighted by molar-refractivity contribution is -0.0831. The van der Waals surface area contributed by atoms with E-state index in [2.05, 4.69) is 47.3 Å². The number of likely N-dealkylation sites (tertiary alicyclic amines) is 1. The number of nitrogens with zero attached hydrogens (tertiary/aromatic N) is 3. The number of rotatable bonds is 6. The van der Waals surface area contributed by atoms with Gasteiger partial charge in [-0.3, -0.25) is 0 Å². The van der Waals surface area contributed by atoms with E-state index in [4.69, 9.17) is 19.0 Å².